The zero-order chi connectivity index (χ0) is 20.2. The SMILES string of the molecule is CCOCCCNC(=NCC(c1cccs1)N1CCCC1)NCCc1ccco1. The van der Waals surface area contributed by atoms with Crippen LogP contribution >= 0.6 is 11.3 Å². The monoisotopic (exact) mass is 418 g/mol. The van der Waals surface area contributed by atoms with E-state index in [-0.39, 0.29) is 0 Å². The fraction of sp³-hybridized carbons (Fsp3) is 0.591. The third-order valence-electron chi connectivity index (χ3n) is 5.08. The molecule has 0 saturated carbocycles. The lowest BCUT2D eigenvalue weighted by Crippen LogP contribution is -2.40. The molecule has 2 aromatic heterocycles. The Morgan fingerprint density at radius 1 is 1.24 bits per heavy atom. The van der Waals surface area contributed by atoms with E-state index in [0.29, 0.717) is 6.04 Å². The highest BCUT2D eigenvalue weighted by molar-refractivity contribution is 7.10. The Hall–Kier alpha value is -1.83. The van der Waals surface area contributed by atoms with Crippen molar-refractivity contribution in [2.24, 2.45) is 4.99 Å². The van der Waals surface area contributed by atoms with E-state index in [4.69, 9.17) is 14.1 Å². The number of likely N-dealkylation sites (tertiary alicyclic amines) is 1. The molecule has 1 aliphatic rings. The summed E-state index contributed by atoms with van der Waals surface area (Å²) in [6, 6.07) is 8.68. The molecule has 0 amide bonds. The van der Waals surface area contributed by atoms with Gasteiger partial charge in [0, 0.05) is 37.6 Å². The fourth-order valence-electron chi connectivity index (χ4n) is 3.56. The van der Waals surface area contributed by atoms with Crippen molar-refractivity contribution in [3.05, 3.63) is 46.5 Å². The summed E-state index contributed by atoms with van der Waals surface area (Å²) in [6.07, 6.45) is 6.10. The Morgan fingerprint density at radius 3 is 2.83 bits per heavy atom. The van der Waals surface area contributed by atoms with Crippen LogP contribution in [-0.4, -0.2) is 56.8 Å². The van der Waals surface area contributed by atoms with E-state index >= 15 is 0 Å². The minimum absolute atomic E-state index is 0.365. The van der Waals surface area contributed by atoms with Crippen LogP contribution in [-0.2, 0) is 11.2 Å². The number of hydrogen-bond donors (Lipinski definition) is 2. The predicted octanol–water partition coefficient (Wildman–Crippen LogP) is 3.68. The van der Waals surface area contributed by atoms with Gasteiger partial charge in [0.2, 0.25) is 0 Å². The third kappa shape index (κ3) is 7.49. The highest BCUT2D eigenvalue weighted by Crippen LogP contribution is 2.28. The fourth-order valence-corrected chi connectivity index (χ4v) is 4.41. The van der Waals surface area contributed by atoms with Crippen molar-refractivity contribution in [1.82, 2.24) is 15.5 Å². The van der Waals surface area contributed by atoms with Crippen molar-refractivity contribution in [3.8, 4) is 0 Å². The summed E-state index contributed by atoms with van der Waals surface area (Å²) < 4.78 is 10.9. The van der Waals surface area contributed by atoms with E-state index < -0.39 is 0 Å². The van der Waals surface area contributed by atoms with Gasteiger partial charge >= 0.3 is 0 Å². The van der Waals surface area contributed by atoms with E-state index in [1.54, 1.807) is 6.26 Å². The largest absolute Gasteiger partial charge is 0.469 e. The number of hydrogen-bond acceptors (Lipinski definition) is 5. The molecule has 1 saturated heterocycles. The van der Waals surface area contributed by atoms with E-state index in [2.05, 4.69) is 33.0 Å². The van der Waals surface area contributed by atoms with Gasteiger partial charge in [-0.2, -0.15) is 0 Å². The van der Waals surface area contributed by atoms with Crippen molar-refractivity contribution >= 4 is 17.3 Å². The molecule has 1 unspecified atom stereocenters. The number of aliphatic imine (C=N–C) groups is 1. The number of ether oxygens (including phenoxy) is 1. The maximum Gasteiger partial charge on any atom is 0.191 e. The van der Waals surface area contributed by atoms with Crippen molar-refractivity contribution in [2.75, 3.05) is 45.9 Å². The normalized spacial score (nSPS) is 16.2. The Labute approximate surface area is 178 Å². The lowest BCUT2D eigenvalue weighted by Gasteiger charge is -2.25. The number of furan rings is 1. The van der Waals surface area contributed by atoms with E-state index in [9.17, 15) is 0 Å². The van der Waals surface area contributed by atoms with Crippen LogP contribution < -0.4 is 10.6 Å². The first-order valence-electron chi connectivity index (χ1n) is 10.8. The highest BCUT2D eigenvalue weighted by Gasteiger charge is 2.24. The van der Waals surface area contributed by atoms with E-state index in [1.165, 1.54) is 30.8 Å². The molecule has 29 heavy (non-hydrogen) atoms. The van der Waals surface area contributed by atoms with Gasteiger partial charge in [0.15, 0.2) is 5.96 Å². The van der Waals surface area contributed by atoms with E-state index in [1.807, 2.05) is 30.4 Å². The maximum atomic E-state index is 5.44. The topological polar surface area (TPSA) is 62.0 Å². The number of nitrogens with one attached hydrogen (secondary N) is 2. The molecule has 6 nitrogen and oxygen atoms in total. The van der Waals surface area contributed by atoms with Gasteiger partial charge in [-0.25, -0.2) is 0 Å². The molecule has 3 heterocycles. The average molecular weight is 419 g/mol. The summed E-state index contributed by atoms with van der Waals surface area (Å²) in [6.45, 7) is 8.30. The van der Waals surface area contributed by atoms with Crippen LogP contribution in [0.2, 0.25) is 0 Å². The lowest BCUT2D eigenvalue weighted by atomic mass is 10.2. The Morgan fingerprint density at radius 2 is 2.10 bits per heavy atom. The molecule has 2 aromatic rings. The first kappa shape index (κ1) is 21.9. The minimum atomic E-state index is 0.365. The van der Waals surface area contributed by atoms with Crippen LogP contribution in [0.5, 0.6) is 0 Å². The average Bonchev–Trinajstić information content (AvgIpc) is 3.50. The highest BCUT2D eigenvalue weighted by atomic mass is 32.1. The van der Waals surface area contributed by atoms with Gasteiger partial charge in [0.25, 0.3) is 0 Å². The van der Waals surface area contributed by atoms with Crippen LogP contribution in [0.1, 0.15) is 42.9 Å². The quantitative estimate of drug-likeness (QED) is 0.313. The van der Waals surface area contributed by atoms with Gasteiger partial charge in [-0.3, -0.25) is 9.89 Å². The molecule has 1 fully saturated rings. The second kappa shape index (κ2) is 12.7. The second-order valence-electron chi connectivity index (χ2n) is 7.20. The van der Waals surface area contributed by atoms with Gasteiger partial charge in [0.1, 0.15) is 5.76 Å². The van der Waals surface area contributed by atoms with Gasteiger partial charge in [-0.1, -0.05) is 6.07 Å². The molecule has 0 aromatic carbocycles. The Balaban J connectivity index is 1.57. The number of guanidine groups is 1. The summed E-state index contributed by atoms with van der Waals surface area (Å²) in [5.41, 5.74) is 0. The number of nitrogens with zero attached hydrogens (tertiary/aromatic N) is 2. The molecular formula is C22H34N4O2S. The number of thiophene rings is 1. The van der Waals surface area contributed by atoms with Gasteiger partial charge < -0.3 is 19.8 Å². The summed E-state index contributed by atoms with van der Waals surface area (Å²) in [7, 11) is 0. The smallest absolute Gasteiger partial charge is 0.191 e. The van der Waals surface area contributed by atoms with Crippen LogP contribution in [0.15, 0.2) is 45.3 Å². The van der Waals surface area contributed by atoms with Gasteiger partial charge in [-0.15, -0.1) is 11.3 Å². The molecule has 1 atom stereocenters. The van der Waals surface area contributed by atoms with Crippen LogP contribution in [0, 0.1) is 0 Å². The first-order chi connectivity index (χ1) is 14.4. The van der Waals surface area contributed by atoms with Crippen molar-refractivity contribution in [2.45, 2.75) is 38.6 Å². The summed E-state index contributed by atoms with van der Waals surface area (Å²) >= 11 is 1.83. The Kier molecular flexibility index (Phi) is 9.56. The molecule has 7 heteroatoms. The van der Waals surface area contributed by atoms with Crippen molar-refractivity contribution in [3.63, 3.8) is 0 Å². The molecular weight excluding hydrogens is 384 g/mol. The molecule has 0 aliphatic carbocycles. The van der Waals surface area contributed by atoms with Crippen molar-refractivity contribution in [1.29, 1.82) is 0 Å². The summed E-state index contributed by atoms with van der Waals surface area (Å²) in [4.78, 5) is 8.93. The standard InChI is InChI=1S/C22H34N4O2S/c1-2-27-15-7-11-23-22(24-12-10-19-8-5-16-28-19)25-18-20(21-9-6-17-29-21)26-13-3-4-14-26/h5-6,8-9,16-17,20H,2-4,7,10-15,18H2,1H3,(H2,23,24,25). The molecule has 1 aliphatic heterocycles. The van der Waals surface area contributed by atoms with Crippen LogP contribution in [0.4, 0.5) is 0 Å². The third-order valence-corrected chi connectivity index (χ3v) is 6.05. The summed E-state index contributed by atoms with van der Waals surface area (Å²) in [5.74, 6) is 1.86. The van der Waals surface area contributed by atoms with Gasteiger partial charge in [0.05, 0.1) is 18.8 Å². The van der Waals surface area contributed by atoms with E-state index in [0.717, 1.165) is 57.4 Å². The molecule has 0 bridgehead atoms. The number of rotatable bonds is 12. The van der Waals surface area contributed by atoms with Crippen molar-refractivity contribution < 1.29 is 9.15 Å². The molecule has 0 spiro atoms. The first-order valence-corrected chi connectivity index (χ1v) is 11.6. The van der Waals surface area contributed by atoms with Gasteiger partial charge in [-0.05, 0) is 62.9 Å². The molecule has 2 N–H and O–H groups in total. The lowest BCUT2D eigenvalue weighted by molar-refractivity contribution is 0.145. The summed E-state index contributed by atoms with van der Waals surface area (Å²) in [5, 5.41) is 9.09. The maximum absolute atomic E-state index is 5.44. The zero-order valence-electron chi connectivity index (χ0n) is 17.4. The zero-order valence-corrected chi connectivity index (χ0v) is 18.3. The Bertz CT molecular complexity index is 682. The molecule has 160 valence electrons. The molecule has 0 radical (unpaired) electrons. The van der Waals surface area contributed by atoms with Crippen LogP contribution in [0.25, 0.3) is 0 Å². The minimum Gasteiger partial charge on any atom is -0.469 e. The second-order valence-corrected chi connectivity index (χ2v) is 8.18. The predicted molar refractivity (Wildman–Crippen MR) is 120 cm³/mol. The van der Waals surface area contributed by atoms with Crippen LogP contribution in [0.3, 0.4) is 0 Å². The molecule has 3 rings (SSSR count).